The van der Waals surface area contributed by atoms with Gasteiger partial charge >= 0.3 is 0 Å². The molecule has 0 saturated carbocycles. The fourth-order valence-electron chi connectivity index (χ4n) is 1.36. The lowest BCUT2D eigenvalue weighted by Gasteiger charge is -2.05. The number of halogens is 1. The smallest absolute Gasteiger partial charge is 0.297 e. The number of amides is 1. The predicted octanol–water partition coefficient (Wildman–Crippen LogP) is 1.59. The van der Waals surface area contributed by atoms with Gasteiger partial charge in [0.15, 0.2) is 0 Å². The second-order valence-electron chi connectivity index (χ2n) is 2.78. The topological polar surface area (TPSA) is 55.4 Å². The van der Waals surface area contributed by atoms with E-state index in [9.17, 15) is 9.59 Å². The maximum atomic E-state index is 11.4. The van der Waals surface area contributed by atoms with Crippen molar-refractivity contribution < 1.29 is 14.3 Å². The summed E-state index contributed by atoms with van der Waals surface area (Å²) < 4.78 is 5.67. The van der Waals surface area contributed by atoms with Crippen molar-refractivity contribution in [3.63, 3.8) is 0 Å². The molecule has 1 aromatic carbocycles. The molecule has 72 valence electrons. The van der Waals surface area contributed by atoms with E-state index in [-0.39, 0.29) is 0 Å². The number of rotatable bonds is 1. The normalized spacial score (nSPS) is 13.9. The van der Waals surface area contributed by atoms with Gasteiger partial charge in [-0.3, -0.25) is 9.59 Å². The van der Waals surface area contributed by atoms with Crippen molar-refractivity contribution in [2.45, 2.75) is 0 Å². The first-order valence-electron chi connectivity index (χ1n) is 3.87. The van der Waals surface area contributed by atoms with E-state index in [1.54, 1.807) is 12.1 Å². The second-order valence-corrected chi connectivity index (χ2v) is 3.64. The molecule has 0 atom stereocenters. The minimum Gasteiger partial charge on any atom is -0.496 e. The van der Waals surface area contributed by atoms with E-state index in [2.05, 4.69) is 21.2 Å². The van der Waals surface area contributed by atoms with Crippen molar-refractivity contribution in [1.29, 1.82) is 0 Å². The standard InChI is InChI=1S/C9H6BrNO3/c1-14-5-3-2-4(10)7-6(5)8(12)9(13)11-7/h2-3H,1H3,(H,11,12,13). The highest BCUT2D eigenvalue weighted by atomic mass is 79.9. The first-order valence-corrected chi connectivity index (χ1v) is 4.66. The SMILES string of the molecule is COc1ccc(Br)c2c1C(=O)C(=O)N2. The van der Waals surface area contributed by atoms with E-state index in [0.29, 0.717) is 21.5 Å². The minimum atomic E-state index is -0.620. The van der Waals surface area contributed by atoms with Crippen molar-refractivity contribution in [1.82, 2.24) is 0 Å². The van der Waals surface area contributed by atoms with Gasteiger partial charge < -0.3 is 10.1 Å². The molecule has 0 spiro atoms. The summed E-state index contributed by atoms with van der Waals surface area (Å²) in [6.45, 7) is 0. The molecule has 0 fully saturated rings. The number of Topliss-reactive ketones (excluding diaryl/α,β-unsaturated/α-hetero) is 1. The lowest BCUT2D eigenvalue weighted by Crippen LogP contribution is -2.12. The maximum Gasteiger partial charge on any atom is 0.297 e. The number of methoxy groups -OCH3 is 1. The Bertz CT molecular complexity index is 442. The zero-order valence-electron chi connectivity index (χ0n) is 7.26. The first-order chi connectivity index (χ1) is 6.65. The van der Waals surface area contributed by atoms with Crippen LogP contribution in [0.25, 0.3) is 0 Å². The predicted molar refractivity (Wildman–Crippen MR) is 53.7 cm³/mol. The van der Waals surface area contributed by atoms with Crippen molar-refractivity contribution in [2.24, 2.45) is 0 Å². The first kappa shape index (κ1) is 9.21. The van der Waals surface area contributed by atoms with E-state index < -0.39 is 11.7 Å². The van der Waals surface area contributed by atoms with E-state index in [0.717, 1.165) is 0 Å². The molecule has 2 rings (SSSR count). The molecule has 1 aliphatic heterocycles. The number of ketones is 1. The molecule has 0 aromatic heterocycles. The Balaban J connectivity index is 2.71. The molecule has 0 unspecified atom stereocenters. The Morgan fingerprint density at radius 3 is 2.71 bits per heavy atom. The molecular formula is C9H6BrNO3. The molecule has 4 nitrogen and oxygen atoms in total. The third-order valence-corrected chi connectivity index (χ3v) is 2.67. The van der Waals surface area contributed by atoms with Crippen LogP contribution < -0.4 is 10.1 Å². The number of anilines is 1. The van der Waals surface area contributed by atoms with Gasteiger partial charge in [0.25, 0.3) is 11.7 Å². The number of hydrogen-bond donors (Lipinski definition) is 1. The van der Waals surface area contributed by atoms with Crippen LogP contribution in [0, 0.1) is 0 Å². The summed E-state index contributed by atoms with van der Waals surface area (Å²) in [5.74, 6) is -0.769. The molecule has 1 amide bonds. The van der Waals surface area contributed by atoms with Gasteiger partial charge in [-0.05, 0) is 28.1 Å². The van der Waals surface area contributed by atoms with Gasteiger partial charge in [0.05, 0.1) is 18.4 Å². The lowest BCUT2D eigenvalue weighted by molar-refractivity contribution is -0.112. The van der Waals surface area contributed by atoms with Crippen LogP contribution in [-0.4, -0.2) is 18.8 Å². The average molecular weight is 256 g/mol. The van der Waals surface area contributed by atoms with Crippen molar-refractivity contribution in [2.75, 3.05) is 12.4 Å². The summed E-state index contributed by atoms with van der Waals surface area (Å²) in [4.78, 5) is 22.5. The van der Waals surface area contributed by atoms with E-state index in [4.69, 9.17) is 4.74 Å². The van der Waals surface area contributed by atoms with Gasteiger partial charge in [-0.2, -0.15) is 0 Å². The fourth-order valence-corrected chi connectivity index (χ4v) is 1.79. The molecule has 0 saturated heterocycles. The van der Waals surface area contributed by atoms with Crippen molar-refractivity contribution in [3.05, 3.63) is 22.2 Å². The van der Waals surface area contributed by atoms with Crippen molar-refractivity contribution in [3.8, 4) is 5.75 Å². The van der Waals surface area contributed by atoms with E-state index in [1.165, 1.54) is 7.11 Å². The minimum absolute atomic E-state index is 0.298. The number of nitrogens with one attached hydrogen (secondary N) is 1. The van der Waals surface area contributed by atoms with Crippen LogP contribution in [0.1, 0.15) is 10.4 Å². The number of hydrogen-bond acceptors (Lipinski definition) is 3. The summed E-state index contributed by atoms with van der Waals surface area (Å²) in [6.07, 6.45) is 0. The van der Waals surface area contributed by atoms with Crippen LogP contribution in [0.3, 0.4) is 0 Å². The van der Waals surface area contributed by atoms with Gasteiger partial charge in [0.1, 0.15) is 5.75 Å². The van der Waals surface area contributed by atoms with Gasteiger partial charge in [-0.15, -0.1) is 0 Å². The third-order valence-electron chi connectivity index (χ3n) is 2.01. The highest BCUT2D eigenvalue weighted by molar-refractivity contribution is 9.10. The summed E-state index contributed by atoms with van der Waals surface area (Å²) in [5, 5.41) is 2.47. The van der Waals surface area contributed by atoms with Gasteiger partial charge in [-0.1, -0.05) is 0 Å². The highest BCUT2D eigenvalue weighted by Crippen LogP contribution is 2.37. The van der Waals surface area contributed by atoms with E-state index in [1.807, 2.05) is 0 Å². The van der Waals surface area contributed by atoms with Crippen LogP contribution in [0.4, 0.5) is 5.69 Å². The molecule has 5 heteroatoms. The number of carbonyl (C=O) groups is 2. The number of carbonyl (C=O) groups excluding carboxylic acids is 2. The summed E-state index contributed by atoms with van der Waals surface area (Å²) in [7, 11) is 1.46. The summed E-state index contributed by atoms with van der Waals surface area (Å²) >= 11 is 3.24. The van der Waals surface area contributed by atoms with Crippen LogP contribution in [-0.2, 0) is 4.79 Å². The average Bonchev–Trinajstić information content (AvgIpc) is 2.47. The van der Waals surface area contributed by atoms with Crippen LogP contribution in [0.2, 0.25) is 0 Å². The van der Waals surface area contributed by atoms with Crippen LogP contribution in [0.5, 0.6) is 5.75 Å². The molecule has 1 N–H and O–H groups in total. The molecule has 0 radical (unpaired) electrons. The second kappa shape index (κ2) is 3.09. The lowest BCUT2D eigenvalue weighted by atomic mass is 10.1. The largest absolute Gasteiger partial charge is 0.496 e. The van der Waals surface area contributed by atoms with Crippen LogP contribution in [0.15, 0.2) is 16.6 Å². The molecule has 0 bridgehead atoms. The zero-order chi connectivity index (χ0) is 10.3. The van der Waals surface area contributed by atoms with Gasteiger partial charge in [0.2, 0.25) is 0 Å². The third kappa shape index (κ3) is 1.13. The molecule has 1 aliphatic rings. The molecule has 1 heterocycles. The van der Waals surface area contributed by atoms with Gasteiger partial charge in [-0.25, -0.2) is 0 Å². The molecular weight excluding hydrogens is 250 g/mol. The van der Waals surface area contributed by atoms with E-state index >= 15 is 0 Å². The quantitative estimate of drug-likeness (QED) is 0.776. The number of fused-ring (bicyclic) bond motifs is 1. The molecule has 0 aliphatic carbocycles. The molecule has 1 aromatic rings. The fraction of sp³-hybridized carbons (Fsp3) is 0.111. The Morgan fingerprint density at radius 1 is 1.36 bits per heavy atom. The molecule has 14 heavy (non-hydrogen) atoms. The van der Waals surface area contributed by atoms with Crippen molar-refractivity contribution >= 4 is 33.3 Å². The zero-order valence-corrected chi connectivity index (χ0v) is 8.84. The number of benzene rings is 1. The monoisotopic (exact) mass is 255 g/mol. The Hall–Kier alpha value is -1.36. The Morgan fingerprint density at radius 2 is 2.07 bits per heavy atom. The summed E-state index contributed by atoms with van der Waals surface area (Å²) in [6, 6.07) is 3.36. The Kier molecular flexibility index (Phi) is 2.03. The van der Waals surface area contributed by atoms with Crippen LogP contribution >= 0.6 is 15.9 Å². The Labute approximate surface area is 88.4 Å². The maximum absolute atomic E-state index is 11.4. The van der Waals surface area contributed by atoms with Gasteiger partial charge in [0, 0.05) is 4.47 Å². The number of ether oxygens (including phenoxy) is 1. The summed E-state index contributed by atoms with van der Waals surface area (Å²) in [5.41, 5.74) is 0.784. The highest BCUT2D eigenvalue weighted by Gasteiger charge is 2.32.